The zero-order valence-corrected chi connectivity index (χ0v) is 53.9. The maximum atomic E-state index is 12.6. The summed E-state index contributed by atoms with van der Waals surface area (Å²) >= 11 is 0. The lowest BCUT2D eigenvalue weighted by atomic mass is 10.0. The van der Waals surface area contributed by atoms with E-state index in [1.54, 1.807) is 0 Å². The molecule has 6 heteroatoms. The van der Waals surface area contributed by atoms with E-state index in [0.29, 0.717) is 25.9 Å². The van der Waals surface area contributed by atoms with Gasteiger partial charge < -0.3 is 20.3 Å². The molecule has 79 heavy (non-hydrogen) atoms. The van der Waals surface area contributed by atoms with E-state index in [4.69, 9.17) is 4.74 Å². The van der Waals surface area contributed by atoms with Gasteiger partial charge in [0.2, 0.25) is 5.91 Å². The van der Waals surface area contributed by atoms with Crippen molar-refractivity contribution in [3.8, 4) is 0 Å². The molecule has 0 aromatic heterocycles. The summed E-state index contributed by atoms with van der Waals surface area (Å²) in [6, 6.07) is -0.539. The Morgan fingerprint density at radius 1 is 0.342 bits per heavy atom. The molecule has 0 saturated heterocycles. The lowest BCUT2D eigenvalue weighted by Gasteiger charge is -2.22. The lowest BCUT2D eigenvalue weighted by molar-refractivity contribution is -0.143. The van der Waals surface area contributed by atoms with Gasteiger partial charge in [-0.2, -0.15) is 0 Å². The molecule has 0 saturated carbocycles. The maximum absolute atomic E-state index is 12.6. The fraction of sp³-hybridized carbons (Fsp3) is 0.945. The molecule has 0 fully saturated rings. The van der Waals surface area contributed by atoms with Gasteiger partial charge in [-0.3, -0.25) is 9.59 Å². The summed E-state index contributed by atoms with van der Waals surface area (Å²) in [5.74, 6) is -0.0160. The van der Waals surface area contributed by atoms with E-state index in [1.807, 2.05) is 0 Å². The van der Waals surface area contributed by atoms with Crippen molar-refractivity contribution in [3.63, 3.8) is 0 Å². The molecule has 2 unspecified atom stereocenters. The number of esters is 1. The third-order valence-corrected chi connectivity index (χ3v) is 17.3. The number of carbonyl (C=O) groups is 2. The van der Waals surface area contributed by atoms with Crippen LogP contribution >= 0.6 is 0 Å². The molecule has 6 nitrogen and oxygen atoms in total. The highest BCUT2D eigenvalue weighted by atomic mass is 16.5. The number of aliphatic hydroxyl groups excluding tert-OH is 2. The zero-order chi connectivity index (χ0) is 57.1. The minimum Gasteiger partial charge on any atom is -0.466 e. The van der Waals surface area contributed by atoms with Crippen molar-refractivity contribution in [2.75, 3.05) is 13.2 Å². The molecular formula is C73H143NO5. The molecule has 0 aliphatic carbocycles. The quantitative estimate of drug-likeness (QED) is 0.0320. The number of hydrogen-bond acceptors (Lipinski definition) is 5. The molecule has 0 aromatic carbocycles. The molecule has 0 spiro atoms. The second-order valence-electron chi connectivity index (χ2n) is 25.3. The number of aliphatic hydroxyl groups is 2. The van der Waals surface area contributed by atoms with Gasteiger partial charge in [0.1, 0.15) is 0 Å². The minimum absolute atomic E-state index is 0.0103. The van der Waals surface area contributed by atoms with Crippen LogP contribution in [0.15, 0.2) is 12.2 Å². The summed E-state index contributed by atoms with van der Waals surface area (Å²) in [5.41, 5.74) is 0. The number of amides is 1. The van der Waals surface area contributed by atoms with Crippen LogP contribution in [0.5, 0.6) is 0 Å². The van der Waals surface area contributed by atoms with E-state index in [1.165, 1.54) is 340 Å². The summed E-state index contributed by atoms with van der Waals surface area (Å²) in [7, 11) is 0. The van der Waals surface area contributed by atoms with Gasteiger partial charge >= 0.3 is 5.97 Å². The highest BCUT2D eigenvalue weighted by molar-refractivity contribution is 5.76. The minimum atomic E-state index is -0.662. The van der Waals surface area contributed by atoms with Crippen molar-refractivity contribution >= 4 is 11.9 Å². The van der Waals surface area contributed by atoms with Crippen LogP contribution in [0.2, 0.25) is 0 Å². The molecular weight excluding hydrogens is 971 g/mol. The van der Waals surface area contributed by atoms with Gasteiger partial charge in [0.25, 0.3) is 0 Å². The van der Waals surface area contributed by atoms with Gasteiger partial charge in [-0.1, -0.05) is 366 Å². The number of hydrogen-bond donors (Lipinski definition) is 3. The number of carbonyl (C=O) groups excluding carboxylic acids is 2. The Hall–Kier alpha value is -1.40. The highest BCUT2D eigenvalue weighted by Gasteiger charge is 2.20. The Bertz CT molecular complexity index is 1190. The summed E-state index contributed by atoms with van der Waals surface area (Å²) in [6.07, 6.45) is 85.6. The van der Waals surface area contributed by atoms with Crippen molar-refractivity contribution in [2.45, 2.75) is 431 Å². The van der Waals surface area contributed by atoms with Gasteiger partial charge in [0.15, 0.2) is 0 Å². The van der Waals surface area contributed by atoms with Crippen LogP contribution in [0.25, 0.3) is 0 Å². The van der Waals surface area contributed by atoms with E-state index in [2.05, 4.69) is 31.3 Å². The van der Waals surface area contributed by atoms with Crippen LogP contribution in [0.3, 0.4) is 0 Å². The largest absolute Gasteiger partial charge is 0.466 e. The number of nitrogens with one attached hydrogen (secondary N) is 1. The normalized spacial score (nSPS) is 12.5. The predicted octanol–water partition coefficient (Wildman–Crippen LogP) is 23.5. The average molecular weight is 1110 g/mol. The van der Waals surface area contributed by atoms with E-state index in [9.17, 15) is 19.8 Å². The van der Waals surface area contributed by atoms with Crippen LogP contribution in [0.1, 0.15) is 418 Å². The SMILES string of the molecule is CCCCC/C=C\CCCCCCCC(=O)OCCCCCCCCCCCCCCCCCCCCCCCCCCCCCCCC(=O)NC(CO)C(O)CCCCCCCCCCCCCCCCCCCCCCC. The first kappa shape index (κ1) is 77.6. The molecule has 0 aliphatic rings. The smallest absolute Gasteiger partial charge is 0.305 e. The van der Waals surface area contributed by atoms with Crippen LogP contribution in [-0.2, 0) is 14.3 Å². The number of ether oxygens (including phenoxy) is 1. The van der Waals surface area contributed by atoms with Crippen molar-refractivity contribution in [1.82, 2.24) is 5.32 Å². The van der Waals surface area contributed by atoms with E-state index in [-0.39, 0.29) is 18.5 Å². The Morgan fingerprint density at radius 3 is 0.924 bits per heavy atom. The third kappa shape index (κ3) is 65.6. The van der Waals surface area contributed by atoms with Gasteiger partial charge in [-0.05, 0) is 51.4 Å². The second kappa shape index (κ2) is 69.1. The van der Waals surface area contributed by atoms with Gasteiger partial charge in [0, 0.05) is 12.8 Å². The molecule has 0 radical (unpaired) electrons. The Kier molecular flexibility index (Phi) is 67.9. The van der Waals surface area contributed by atoms with Gasteiger partial charge in [-0.25, -0.2) is 0 Å². The van der Waals surface area contributed by atoms with Crippen molar-refractivity contribution in [1.29, 1.82) is 0 Å². The van der Waals surface area contributed by atoms with Crippen LogP contribution in [-0.4, -0.2) is 47.4 Å². The lowest BCUT2D eigenvalue weighted by Crippen LogP contribution is -2.45. The first-order chi connectivity index (χ1) is 39.0. The molecule has 0 aliphatic heterocycles. The second-order valence-corrected chi connectivity index (χ2v) is 25.3. The summed E-state index contributed by atoms with van der Waals surface area (Å²) in [5, 5.41) is 23.4. The molecule has 0 heterocycles. The van der Waals surface area contributed by atoms with Gasteiger partial charge in [0.05, 0.1) is 25.4 Å². The molecule has 2 atom stereocenters. The Morgan fingerprint density at radius 2 is 0.595 bits per heavy atom. The standard InChI is InChI=1S/C73H143NO5/c1-3-5-7-9-11-13-15-17-18-19-20-30-33-36-39-42-45-49-53-57-61-65-71(76)70(69-75)74-72(77)66-62-58-54-50-46-43-40-37-34-31-28-26-24-22-21-23-25-27-29-32-35-38-41-44-48-52-56-60-64-68-79-73(78)67-63-59-55-51-47-16-14-12-10-8-6-4-2/h12,14,70-71,75-76H,3-11,13,15-69H2,1-2H3,(H,74,77)/b14-12-. The first-order valence-corrected chi connectivity index (χ1v) is 36.4. The molecule has 470 valence electrons. The maximum Gasteiger partial charge on any atom is 0.305 e. The number of rotatable bonds is 69. The van der Waals surface area contributed by atoms with Crippen LogP contribution < -0.4 is 5.32 Å². The first-order valence-electron chi connectivity index (χ1n) is 36.4. The molecule has 1 amide bonds. The van der Waals surface area contributed by atoms with Crippen LogP contribution in [0.4, 0.5) is 0 Å². The monoisotopic (exact) mass is 1110 g/mol. The van der Waals surface area contributed by atoms with E-state index < -0.39 is 12.1 Å². The highest BCUT2D eigenvalue weighted by Crippen LogP contribution is 2.20. The molecule has 0 bridgehead atoms. The van der Waals surface area contributed by atoms with E-state index >= 15 is 0 Å². The zero-order valence-electron chi connectivity index (χ0n) is 53.9. The molecule has 3 N–H and O–H groups in total. The third-order valence-electron chi connectivity index (χ3n) is 17.3. The average Bonchev–Trinajstić information content (AvgIpc) is 3.45. The summed E-state index contributed by atoms with van der Waals surface area (Å²) in [6.45, 7) is 4.97. The number of allylic oxidation sites excluding steroid dienone is 2. The fourth-order valence-electron chi connectivity index (χ4n) is 11.8. The Balaban J connectivity index is 3.34. The van der Waals surface area contributed by atoms with E-state index in [0.717, 1.165) is 44.9 Å². The fourth-order valence-corrected chi connectivity index (χ4v) is 11.8. The van der Waals surface area contributed by atoms with Crippen LogP contribution in [0, 0.1) is 0 Å². The van der Waals surface area contributed by atoms with Crippen molar-refractivity contribution < 1.29 is 24.5 Å². The molecule has 0 rings (SSSR count). The van der Waals surface area contributed by atoms with Crippen molar-refractivity contribution in [3.05, 3.63) is 12.2 Å². The number of unbranched alkanes of at least 4 members (excludes halogenated alkanes) is 56. The topological polar surface area (TPSA) is 95.9 Å². The molecule has 0 aromatic rings. The summed E-state index contributed by atoms with van der Waals surface area (Å²) < 4.78 is 5.48. The van der Waals surface area contributed by atoms with Gasteiger partial charge in [-0.15, -0.1) is 0 Å². The Labute approximate surface area is 495 Å². The van der Waals surface area contributed by atoms with Crippen molar-refractivity contribution in [2.24, 2.45) is 0 Å². The summed E-state index contributed by atoms with van der Waals surface area (Å²) in [4.78, 5) is 24.6. The predicted molar refractivity (Wildman–Crippen MR) is 347 cm³/mol.